The van der Waals surface area contributed by atoms with Crippen molar-refractivity contribution >= 4 is 11.8 Å². The average Bonchev–Trinajstić information content (AvgIpc) is 2.77. The predicted molar refractivity (Wildman–Crippen MR) is 79.2 cm³/mol. The molecule has 2 amide bonds. The van der Waals surface area contributed by atoms with Crippen LogP contribution in [0, 0.1) is 5.41 Å². The van der Waals surface area contributed by atoms with E-state index < -0.39 is 12.1 Å². The Morgan fingerprint density at radius 3 is 2.48 bits per heavy atom. The Morgan fingerprint density at radius 2 is 2.00 bits per heavy atom. The number of carbonyl (C=O) groups excluding carboxylic acids is 2. The van der Waals surface area contributed by atoms with E-state index in [1.54, 1.807) is 15.8 Å². The van der Waals surface area contributed by atoms with E-state index in [4.69, 9.17) is 0 Å². The van der Waals surface area contributed by atoms with Crippen molar-refractivity contribution in [3.63, 3.8) is 0 Å². The van der Waals surface area contributed by atoms with Crippen molar-refractivity contribution in [1.29, 1.82) is 0 Å². The van der Waals surface area contributed by atoms with Crippen LogP contribution in [0.15, 0.2) is 12.4 Å². The van der Waals surface area contributed by atoms with Crippen molar-refractivity contribution in [3.8, 4) is 0 Å². The molecule has 1 aromatic heterocycles. The molecule has 6 nitrogen and oxygen atoms in total. The molecule has 0 aliphatic carbocycles. The number of nitrogens with one attached hydrogen (secondary N) is 1. The summed E-state index contributed by atoms with van der Waals surface area (Å²) in [6.45, 7) is 8.26. The van der Waals surface area contributed by atoms with E-state index in [2.05, 4.69) is 10.4 Å². The molecule has 0 bridgehead atoms. The highest BCUT2D eigenvalue weighted by molar-refractivity contribution is 5.97. The van der Waals surface area contributed by atoms with Crippen LogP contribution < -0.4 is 5.32 Å². The fourth-order valence-electron chi connectivity index (χ4n) is 2.84. The van der Waals surface area contributed by atoms with E-state index in [1.807, 2.05) is 40.9 Å². The van der Waals surface area contributed by atoms with Crippen molar-refractivity contribution in [2.24, 2.45) is 12.5 Å². The number of hydrogen-bond acceptors (Lipinski definition) is 3. The lowest BCUT2D eigenvalue weighted by Crippen LogP contribution is -2.66. The normalized spacial score (nSPS) is 23.4. The Balaban J connectivity index is 2.33. The molecule has 1 fully saturated rings. The molecule has 1 aliphatic heterocycles. The SMILES string of the molecule is CCC1NC(=O)C(C(C)(C)C)N(Cc2cnn(C)c2)C1=O. The van der Waals surface area contributed by atoms with Gasteiger partial charge in [0.2, 0.25) is 11.8 Å². The molecular formula is C15H24N4O2. The number of aryl methyl sites for hydroxylation is 1. The van der Waals surface area contributed by atoms with Gasteiger partial charge in [0.15, 0.2) is 0 Å². The van der Waals surface area contributed by atoms with E-state index >= 15 is 0 Å². The summed E-state index contributed by atoms with van der Waals surface area (Å²) in [7, 11) is 1.84. The minimum atomic E-state index is -0.465. The van der Waals surface area contributed by atoms with Gasteiger partial charge in [-0.1, -0.05) is 27.7 Å². The quantitative estimate of drug-likeness (QED) is 0.906. The first-order valence-electron chi connectivity index (χ1n) is 7.32. The first kappa shape index (κ1) is 15.5. The van der Waals surface area contributed by atoms with Gasteiger partial charge in [0, 0.05) is 25.4 Å². The number of nitrogens with zero attached hydrogens (tertiary/aromatic N) is 3. The van der Waals surface area contributed by atoms with Crippen LogP contribution in [0.3, 0.4) is 0 Å². The van der Waals surface area contributed by atoms with E-state index in [-0.39, 0.29) is 17.2 Å². The zero-order chi connectivity index (χ0) is 15.8. The van der Waals surface area contributed by atoms with Crippen molar-refractivity contribution in [2.75, 3.05) is 0 Å². The third kappa shape index (κ3) is 3.09. The summed E-state index contributed by atoms with van der Waals surface area (Å²) in [4.78, 5) is 26.8. The monoisotopic (exact) mass is 292 g/mol. The van der Waals surface area contributed by atoms with Gasteiger partial charge in [-0.3, -0.25) is 14.3 Å². The van der Waals surface area contributed by atoms with Gasteiger partial charge in [-0.2, -0.15) is 5.10 Å². The Labute approximate surface area is 125 Å². The number of hydrogen-bond donors (Lipinski definition) is 1. The minimum Gasteiger partial charge on any atom is -0.342 e. The summed E-state index contributed by atoms with van der Waals surface area (Å²) < 4.78 is 1.70. The first-order valence-corrected chi connectivity index (χ1v) is 7.32. The molecule has 116 valence electrons. The molecule has 1 aromatic rings. The van der Waals surface area contributed by atoms with E-state index in [0.29, 0.717) is 13.0 Å². The van der Waals surface area contributed by atoms with Gasteiger partial charge >= 0.3 is 0 Å². The minimum absolute atomic E-state index is 0.0131. The van der Waals surface area contributed by atoms with Gasteiger partial charge in [0.1, 0.15) is 12.1 Å². The number of aromatic nitrogens is 2. The Kier molecular flexibility index (Phi) is 4.07. The lowest BCUT2D eigenvalue weighted by Gasteiger charge is -2.44. The molecular weight excluding hydrogens is 268 g/mol. The van der Waals surface area contributed by atoms with Crippen molar-refractivity contribution in [1.82, 2.24) is 20.0 Å². The van der Waals surface area contributed by atoms with Crippen molar-refractivity contribution in [3.05, 3.63) is 18.0 Å². The second kappa shape index (κ2) is 5.50. The van der Waals surface area contributed by atoms with Crippen molar-refractivity contribution in [2.45, 2.75) is 52.7 Å². The maximum atomic E-state index is 12.7. The number of piperazine rings is 1. The molecule has 2 unspecified atom stereocenters. The van der Waals surface area contributed by atoms with E-state index in [0.717, 1.165) is 5.56 Å². The number of rotatable bonds is 3. The van der Waals surface area contributed by atoms with Gasteiger partial charge in [0.25, 0.3) is 0 Å². The van der Waals surface area contributed by atoms with Crippen molar-refractivity contribution < 1.29 is 9.59 Å². The smallest absolute Gasteiger partial charge is 0.246 e. The van der Waals surface area contributed by atoms with Crippen LogP contribution >= 0.6 is 0 Å². The number of amides is 2. The number of carbonyl (C=O) groups is 2. The maximum absolute atomic E-state index is 12.7. The topological polar surface area (TPSA) is 67.2 Å². The molecule has 1 aliphatic rings. The molecule has 1 N–H and O–H groups in total. The van der Waals surface area contributed by atoms with E-state index in [1.165, 1.54) is 0 Å². The van der Waals surface area contributed by atoms with Gasteiger partial charge in [0.05, 0.1) is 6.20 Å². The van der Waals surface area contributed by atoms with Crippen LogP contribution in [-0.2, 0) is 23.2 Å². The molecule has 2 heterocycles. The summed E-state index contributed by atoms with van der Waals surface area (Å²) in [6.07, 6.45) is 4.21. The lowest BCUT2D eigenvalue weighted by molar-refractivity contribution is -0.154. The van der Waals surface area contributed by atoms with Gasteiger partial charge in [-0.15, -0.1) is 0 Å². The molecule has 1 saturated heterocycles. The van der Waals surface area contributed by atoms with Gasteiger partial charge < -0.3 is 10.2 Å². The Hall–Kier alpha value is -1.85. The summed E-state index contributed by atoms with van der Waals surface area (Å²) >= 11 is 0. The molecule has 2 atom stereocenters. The average molecular weight is 292 g/mol. The predicted octanol–water partition coefficient (Wildman–Crippen LogP) is 1.07. The summed E-state index contributed by atoms with van der Waals surface area (Å²) in [6, 6.07) is -0.888. The fourth-order valence-corrected chi connectivity index (χ4v) is 2.84. The highest BCUT2D eigenvalue weighted by Gasteiger charge is 2.45. The van der Waals surface area contributed by atoms with Crippen LogP contribution in [-0.4, -0.2) is 38.6 Å². The van der Waals surface area contributed by atoms with Crippen LogP contribution in [0.2, 0.25) is 0 Å². The van der Waals surface area contributed by atoms with Crippen LogP contribution in [0.5, 0.6) is 0 Å². The zero-order valence-electron chi connectivity index (χ0n) is 13.4. The highest BCUT2D eigenvalue weighted by Crippen LogP contribution is 2.29. The summed E-state index contributed by atoms with van der Waals surface area (Å²) in [5, 5.41) is 6.97. The van der Waals surface area contributed by atoms with Crippen LogP contribution in [0.4, 0.5) is 0 Å². The maximum Gasteiger partial charge on any atom is 0.246 e. The standard InChI is InChI=1S/C15H24N4O2/c1-6-11-14(21)19(9-10-7-16-18(5)8-10)12(13(20)17-11)15(2,3)4/h7-8,11-12H,6,9H2,1-5H3,(H,17,20). The van der Waals surface area contributed by atoms with Gasteiger partial charge in [-0.05, 0) is 11.8 Å². The third-order valence-corrected chi connectivity index (χ3v) is 3.80. The van der Waals surface area contributed by atoms with Crippen LogP contribution in [0.25, 0.3) is 0 Å². The highest BCUT2D eigenvalue weighted by atomic mass is 16.2. The molecule has 2 rings (SSSR count). The summed E-state index contributed by atoms with van der Waals surface area (Å²) in [5.74, 6) is -0.0845. The largest absolute Gasteiger partial charge is 0.342 e. The molecule has 0 spiro atoms. The Morgan fingerprint density at radius 1 is 1.33 bits per heavy atom. The Bertz CT molecular complexity index is 544. The molecule has 6 heteroatoms. The molecule has 0 saturated carbocycles. The second-order valence-corrected chi connectivity index (χ2v) is 6.73. The fraction of sp³-hybridized carbons (Fsp3) is 0.667. The lowest BCUT2D eigenvalue weighted by atomic mass is 9.82. The molecule has 21 heavy (non-hydrogen) atoms. The van der Waals surface area contributed by atoms with E-state index in [9.17, 15) is 9.59 Å². The third-order valence-electron chi connectivity index (χ3n) is 3.80. The molecule has 0 aromatic carbocycles. The van der Waals surface area contributed by atoms with Crippen LogP contribution in [0.1, 0.15) is 39.7 Å². The zero-order valence-corrected chi connectivity index (χ0v) is 13.4. The first-order chi connectivity index (χ1) is 9.74. The van der Waals surface area contributed by atoms with Gasteiger partial charge in [-0.25, -0.2) is 0 Å². The summed E-state index contributed by atoms with van der Waals surface area (Å²) in [5.41, 5.74) is 0.616. The second-order valence-electron chi connectivity index (χ2n) is 6.73. The molecule has 0 radical (unpaired) electrons.